The highest BCUT2D eigenvalue weighted by atomic mass is 35.5. The van der Waals surface area contributed by atoms with E-state index in [2.05, 4.69) is 15.3 Å². The van der Waals surface area contributed by atoms with Crippen LogP contribution in [0.4, 0.5) is 16.3 Å². The summed E-state index contributed by atoms with van der Waals surface area (Å²) in [5.41, 5.74) is 0.949. The molecule has 1 saturated heterocycles. The van der Waals surface area contributed by atoms with Crippen molar-refractivity contribution in [2.45, 2.75) is 31.3 Å². The summed E-state index contributed by atoms with van der Waals surface area (Å²) >= 11 is 0. The summed E-state index contributed by atoms with van der Waals surface area (Å²) in [7, 11) is 0. The number of carbonyl (C=O) groups excluding carboxylic acids is 1. The maximum atomic E-state index is 12.3. The summed E-state index contributed by atoms with van der Waals surface area (Å²) in [5.74, 6) is 1.17. The van der Waals surface area contributed by atoms with Crippen molar-refractivity contribution in [2.75, 3.05) is 23.3 Å². The van der Waals surface area contributed by atoms with Crippen LogP contribution >= 0.6 is 24.8 Å². The molecular formula is C20H23Cl2N5O2. The minimum Gasteiger partial charge on any atom is -0.441 e. The van der Waals surface area contributed by atoms with E-state index in [0.717, 1.165) is 37.9 Å². The minimum absolute atomic E-state index is 0. The van der Waals surface area contributed by atoms with Gasteiger partial charge in [-0.3, -0.25) is 4.90 Å². The van der Waals surface area contributed by atoms with Gasteiger partial charge in [-0.1, -0.05) is 6.07 Å². The third-order valence-electron chi connectivity index (χ3n) is 5.39. The largest absolute Gasteiger partial charge is 0.441 e. The maximum absolute atomic E-state index is 12.3. The molecular weight excluding hydrogens is 413 g/mol. The van der Waals surface area contributed by atoms with Gasteiger partial charge >= 0.3 is 6.09 Å². The fourth-order valence-corrected chi connectivity index (χ4v) is 3.81. The number of hydrogen-bond donors (Lipinski definition) is 1. The number of anilines is 2. The molecule has 0 aromatic carbocycles. The van der Waals surface area contributed by atoms with Crippen LogP contribution in [0, 0.1) is 17.2 Å². The molecule has 3 heterocycles. The molecule has 1 amide bonds. The summed E-state index contributed by atoms with van der Waals surface area (Å²) in [6, 6.07) is 11.1. The standard InChI is InChI=1S/C20H21N5O2.2ClH/c21-11-16-4-5-17(13-24-16)23-12-15-6-8-20(9-7-15)14-25(19(26)27-20)18-3-1-2-10-22-18;;/h1-5,10,13,15,23H,6-9,12,14H2;2*1H. The summed E-state index contributed by atoms with van der Waals surface area (Å²) in [6.07, 6.45) is 6.80. The van der Waals surface area contributed by atoms with Crippen molar-refractivity contribution in [1.29, 1.82) is 5.26 Å². The van der Waals surface area contributed by atoms with Gasteiger partial charge in [0.25, 0.3) is 0 Å². The van der Waals surface area contributed by atoms with E-state index in [1.165, 1.54) is 0 Å². The first kappa shape index (κ1) is 22.7. The van der Waals surface area contributed by atoms with E-state index in [9.17, 15) is 4.79 Å². The molecule has 7 nitrogen and oxygen atoms in total. The lowest BCUT2D eigenvalue weighted by atomic mass is 9.78. The number of ether oxygens (including phenoxy) is 1. The highest BCUT2D eigenvalue weighted by Gasteiger charge is 2.47. The Morgan fingerprint density at radius 3 is 2.62 bits per heavy atom. The van der Waals surface area contributed by atoms with Gasteiger partial charge in [0.05, 0.1) is 18.4 Å². The zero-order valence-corrected chi connectivity index (χ0v) is 17.4. The van der Waals surface area contributed by atoms with E-state index in [-0.39, 0.29) is 36.5 Å². The van der Waals surface area contributed by atoms with Gasteiger partial charge in [-0.2, -0.15) is 5.26 Å². The average molecular weight is 436 g/mol. The summed E-state index contributed by atoms with van der Waals surface area (Å²) in [6.45, 7) is 1.42. The minimum atomic E-state index is -0.388. The molecule has 1 aliphatic carbocycles. The van der Waals surface area contributed by atoms with E-state index >= 15 is 0 Å². The van der Waals surface area contributed by atoms with E-state index < -0.39 is 0 Å². The van der Waals surface area contributed by atoms with Crippen LogP contribution in [0.5, 0.6) is 0 Å². The van der Waals surface area contributed by atoms with E-state index in [1.54, 1.807) is 23.4 Å². The number of pyridine rings is 2. The molecule has 0 bridgehead atoms. The molecule has 0 unspecified atom stereocenters. The number of hydrogen-bond acceptors (Lipinski definition) is 6. The number of nitrogens with one attached hydrogen (secondary N) is 1. The molecule has 9 heteroatoms. The quantitative estimate of drug-likeness (QED) is 0.773. The highest BCUT2D eigenvalue weighted by Crippen LogP contribution is 2.40. The Hall–Kier alpha value is -2.56. The fraction of sp³-hybridized carbons (Fsp3) is 0.400. The zero-order chi connectivity index (χ0) is 18.7. The molecule has 29 heavy (non-hydrogen) atoms. The first-order valence-corrected chi connectivity index (χ1v) is 9.19. The van der Waals surface area contributed by atoms with Crippen molar-refractivity contribution in [1.82, 2.24) is 9.97 Å². The monoisotopic (exact) mass is 435 g/mol. The second-order valence-corrected chi connectivity index (χ2v) is 7.19. The molecule has 1 N–H and O–H groups in total. The normalized spacial score (nSPS) is 22.8. The highest BCUT2D eigenvalue weighted by molar-refractivity contribution is 5.89. The van der Waals surface area contributed by atoms with E-state index in [1.807, 2.05) is 30.3 Å². The van der Waals surface area contributed by atoms with Crippen molar-refractivity contribution in [3.63, 3.8) is 0 Å². The molecule has 0 radical (unpaired) electrons. The van der Waals surface area contributed by atoms with Gasteiger partial charge in [0.15, 0.2) is 0 Å². The van der Waals surface area contributed by atoms with Crippen LogP contribution in [-0.2, 0) is 4.74 Å². The Morgan fingerprint density at radius 2 is 2.00 bits per heavy atom. The van der Waals surface area contributed by atoms with Crippen LogP contribution in [0.2, 0.25) is 0 Å². The predicted molar refractivity (Wildman–Crippen MR) is 115 cm³/mol. The lowest BCUT2D eigenvalue weighted by molar-refractivity contribution is 0.0148. The zero-order valence-electron chi connectivity index (χ0n) is 15.8. The molecule has 0 atom stereocenters. The van der Waals surface area contributed by atoms with Crippen molar-refractivity contribution < 1.29 is 9.53 Å². The third-order valence-corrected chi connectivity index (χ3v) is 5.39. The number of carbonyl (C=O) groups is 1. The number of nitrogens with zero attached hydrogens (tertiary/aromatic N) is 4. The fourth-order valence-electron chi connectivity index (χ4n) is 3.81. The van der Waals surface area contributed by atoms with Gasteiger partial charge in [-0.05, 0) is 55.9 Å². The first-order chi connectivity index (χ1) is 13.2. The van der Waals surface area contributed by atoms with Crippen LogP contribution in [0.15, 0.2) is 42.7 Å². The van der Waals surface area contributed by atoms with Gasteiger partial charge in [0.2, 0.25) is 0 Å². The van der Waals surface area contributed by atoms with E-state index in [4.69, 9.17) is 10.00 Å². The van der Waals surface area contributed by atoms with Crippen LogP contribution in [0.3, 0.4) is 0 Å². The summed E-state index contributed by atoms with van der Waals surface area (Å²) < 4.78 is 5.78. The smallest absolute Gasteiger partial charge is 0.416 e. The second kappa shape index (κ2) is 9.77. The van der Waals surface area contributed by atoms with Gasteiger partial charge in [0.1, 0.15) is 23.2 Å². The van der Waals surface area contributed by atoms with Crippen molar-refractivity contribution in [3.8, 4) is 6.07 Å². The average Bonchev–Trinajstić information content (AvgIpc) is 3.04. The summed E-state index contributed by atoms with van der Waals surface area (Å²) in [5, 5.41) is 12.2. The number of halogens is 2. The van der Waals surface area contributed by atoms with Crippen LogP contribution < -0.4 is 10.2 Å². The Kier molecular flexibility index (Phi) is 7.66. The molecule has 1 saturated carbocycles. The molecule has 4 rings (SSSR count). The second-order valence-electron chi connectivity index (χ2n) is 7.19. The first-order valence-electron chi connectivity index (χ1n) is 9.19. The Morgan fingerprint density at radius 1 is 1.21 bits per heavy atom. The molecule has 1 spiro atoms. The molecule has 2 aromatic heterocycles. The lowest BCUT2D eigenvalue weighted by Crippen LogP contribution is -2.39. The number of rotatable bonds is 4. The Balaban J connectivity index is 0.00000150. The van der Waals surface area contributed by atoms with Crippen molar-refractivity contribution in [2.24, 2.45) is 5.92 Å². The van der Waals surface area contributed by atoms with Crippen LogP contribution in [-0.4, -0.2) is 34.8 Å². The summed E-state index contributed by atoms with van der Waals surface area (Å²) in [4.78, 5) is 22.3. The molecule has 1 aliphatic heterocycles. The van der Waals surface area contributed by atoms with Gasteiger partial charge in [-0.15, -0.1) is 24.8 Å². The number of amides is 1. The van der Waals surface area contributed by atoms with Crippen molar-refractivity contribution in [3.05, 3.63) is 48.4 Å². The Labute approximate surface area is 182 Å². The van der Waals surface area contributed by atoms with Crippen molar-refractivity contribution >= 4 is 42.4 Å². The van der Waals surface area contributed by atoms with Crippen LogP contribution in [0.25, 0.3) is 0 Å². The predicted octanol–water partition coefficient (Wildman–Crippen LogP) is 4.19. The molecule has 154 valence electrons. The Bertz CT molecular complexity index is 849. The topological polar surface area (TPSA) is 91.1 Å². The SMILES string of the molecule is Cl.Cl.N#Cc1ccc(NCC2CCC3(CC2)CN(c2ccccn2)C(=O)O3)cn1. The molecule has 2 aliphatic rings. The third kappa shape index (κ3) is 5.08. The number of aromatic nitrogens is 2. The van der Waals surface area contributed by atoms with Gasteiger partial charge < -0.3 is 10.1 Å². The van der Waals surface area contributed by atoms with Gasteiger partial charge in [0, 0.05) is 12.7 Å². The lowest BCUT2D eigenvalue weighted by Gasteiger charge is -2.35. The molecule has 2 fully saturated rings. The van der Waals surface area contributed by atoms with Gasteiger partial charge in [-0.25, -0.2) is 14.8 Å². The number of nitriles is 1. The molecule has 2 aromatic rings. The van der Waals surface area contributed by atoms with Crippen LogP contribution in [0.1, 0.15) is 31.4 Å². The van der Waals surface area contributed by atoms with E-state index in [0.29, 0.717) is 24.0 Å². The maximum Gasteiger partial charge on any atom is 0.416 e.